The van der Waals surface area contributed by atoms with Crippen LogP contribution in [0.1, 0.15) is 164 Å². The van der Waals surface area contributed by atoms with Crippen molar-refractivity contribution in [3.05, 3.63) is 270 Å². The zero-order chi connectivity index (χ0) is 97.4. The van der Waals surface area contributed by atoms with Crippen molar-refractivity contribution in [2.24, 2.45) is 0 Å². The zero-order valence-electron chi connectivity index (χ0n) is 77.9. The Labute approximate surface area is 786 Å². The van der Waals surface area contributed by atoms with E-state index in [1.54, 1.807) is 97.1 Å². The van der Waals surface area contributed by atoms with Gasteiger partial charge in [0.15, 0.2) is 0 Å². The maximum atomic E-state index is 14.8. The van der Waals surface area contributed by atoms with Gasteiger partial charge in [-0.25, -0.2) is 17.6 Å². The minimum absolute atomic E-state index is 0.000634. The average Bonchev–Trinajstić information content (AvgIpc) is 1.67. The van der Waals surface area contributed by atoms with E-state index in [0.29, 0.717) is 187 Å². The van der Waals surface area contributed by atoms with Crippen LogP contribution in [0.3, 0.4) is 0 Å². The number of carbonyl (C=O) groups is 11. The Kier molecular flexibility index (Phi) is 28.8. The monoisotopic (exact) mass is 1870 g/mol. The van der Waals surface area contributed by atoms with Gasteiger partial charge in [0.1, 0.15) is 96.8 Å². The topological polar surface area (TPSA) is 336 Å². The maximum Gasteiger partial charge on any atom is 0.255 e. The molecule has 8 fully saturated rings. The van der Waals surface area contributed by atoms with Gasteiger partial charge in [0.05, 0.1) is 83.1 Å². The van der Waals surface area contributed by atoms with E-state index in [1.165, 1.54) is 34.1 Å². The Morgan fingerprint density at radius 2 is 0.581 bits per heavy atom. The van der Waals surface area contributed by atoms with Gasteiger partial charge in [-0.3, -0.25) is 88.3 Å². The molecular formula is C101H106F4N12O19. The minimum Gasteiger partial charge on any atom is -0.488 e. The lowest BCUT2D eigenvalue weighted by atomic mass is 10.0. The summed E-state index contributed by atoms with van der Waals surface area (Å²) < 4.78 is 130. The Hall–Kier alpha value is -13.1. The van der Waals surface area contributed by atoms with Crippen LogP contribution < -0.4 is 40.2 Å². The number of carbonyl (C=O) groups excluding carboxylic acids is 11. The highest BCUT2D eigenvalue weighted by Crippen LogP contribution is 2.40. The second kappa shape index (κ2) is 43.3. The molecule has 12 heterocycles. The molecule has 0 radical (unpaired) electrons. The van der Waals surface area contributed by atoms with Crippen LogP contribution in [0.25, 0.3) is 0 Å². The molecule has 12 aliphatic heterocycles. The van der Waals surface area contributed by atoms with Gasteiger partial charge in [-0.2, -0.15) is 0 Å². The first-order valence-electron chi connectivity index (χ1n) is 47.1. The van der Waals surface area contributed by atoms with Crippen LogP contribution in [0.4, 0.5) is 17.6 Å². The summed E-state index contributed by atoms with van der Waals surface area (Å²) in [6.45, 7) is 18.7. The highest BCUT2D eigenvalue weighted by molar-refractivity contribution is 6.08. The molecule has 4 N–H and O–H groups in total. The SMILES string of the molecule is O=C1CC[C@@H](N2Cc3c(OCc4ccc(CN5CCOCC5)cc4F)cccc3C2=O)C(=O)N1.[2H]C1(N2Cc3c(OCc4ccc(CN5CCOCC5)cc4F)cccc3C2=O)CCC(=O)NC1=O.[2H][C@@]1(N2Cc3c(OCc4ccc(CN5CCOCC5)cc4F)cccc3C2=O)CCC(=C)NC1=O.[2H][C@]1(N2Cc3c(OCc4ccc(CN5CCOCC5)cc4F)cccc3C2=O)CCC(=O)NC1=O. The summed E-state index contributed by atoms with van der Waals surface area (Å²) in [5.41, 5.74) is 9.57. The highest BCUT2D eigenvalue weighted by atomic mass is 19.1. The van der Waals surface area contributed by atoms with Crippen LogP contribution in [-0.2, 0) is 131 Å². The number of hydrogen-bond donors (Lipinski definition) is 4. The molecular weight excluding hydrogens is 1760 g/mol. The average molecular weight is 1870 g/mol. The summed E-state index contributed by atoms with van der Waals surface area (Å²) >= 11 is 0. The number of nitrogens with zero attached hydrogens (tertiary/aromatic N) is 8. The van der Waals surface area contributed by atoms with E-state index in [2.05, 4.69) is 47.4 Å². The number of fused-ring (bicyclic) bond motifs is 4. The lowest BCUT2D eigenvalue weighted by Gasteiger charge is -2.31. The number of morpholine rings is 4. The molecule has 1 unspecified atom stereocenters. The largest absolute Gasteiger partial charge is 0.488 e. The number of allylic oxidation sites excluding steroid dienone is 1. The zero-order valence-corrected chi connectivity index (χ0v) is 74.9. The fourth-order valence-corrected chi connectivity index (χ4v) is 18.2. The highest BCUT2D eigenvalue weighted by Gasteiger charge is 2.45. The number of ether oxygens (including phenoxy) is 8. The van der Waals surface area contributed by atoms with Gasteiger partial charge in [0.2, 0.25) is 41.4 Å². The third-order valence-corrected chi connectivity index (χ3v) is 25.8. The Bertz CT molecular complexity index is 5700. The third-order valence-electron chi connectivity index (χ3n) is 25.8. The molecule has 0 spiro atoms. The van der Waals surface area contributed by atoms with Crippen LogP contribution in [0.5, 0.6) is 23.0 Å². The molecule has 712 valence electrons. The number of imide groups is 3. The second-order valence-electron chi connectivity index (χ2n) is 34.8. The first-order valence-corrected chi connectivity index (χ1v) is 45.6. The number of amides is 11. The van der Waals surface area contributed by atoms with Crippen molar-refractivity contribution in [1.82, 2.24) is 60.5 Å². The molecule has 12 aliphatic rings. The molecule has 0 bridgehead atoms. The third kappa shape index (κ3) is 22.3. The quantitative estimate of drug-likeness (QED) is 0.0324. The molecule has 20 rings (SSSR count). The van der Waals surface area contributed by atoms with E-state index in [-0.39, 0.29) is 132 Å². The van der Waals surface area contributed by atoms with Gasteiger partial charge in [-0.1, -0.05) is 79.4 Å². The van der Waals surface area contributed by atoms with E-state index >= 15 is 0 Å². The molecule has 35 heteroatoms. The number of benzene rings is 8. The number of hydrogen-bond acceptors (Lipinski definition) is 23. The molecule has 8 aromatic rings. The van der Waals surface area contributed by atoms with Crippen LogP contribution in [0.2, 0.25) is 0 Å². The Morgan fingerprint density at radius 1 is 0.324 bits per heavy atom. The van der Waals surface area contributed by atoms with Crippen LogP contribution in [0, 0.1) is 23.3 Å². The van der Waals surface area contributed by atoms with Crippen molar-refractivity contribution in [2.75, 3.05) is 105 Å². The predicted octanol–water partition coefficient (Wildman–Crippen LogP) is 8.98. The smallest absolute Gasteiger partial charge is 0.255 e. The van der Waals surface area contributed by atoms with E-state index in [1.807, 2.05) is 24.3 Å². The normalized spacial score (nSPS) is 22.9. The minimum atomic E-state index is -1.87. The molecule has 31 nitrogen and oxygen atoms in total. The van der Waals surface area contributed by atoms with Gasteiger partial charge in [0.25, 0.3) is 23.6 Å². The van der Waals surface area contributed by atoms with Crippen LogP contribution in [-0.4, -0.2) is 233 Å². The van der Waals surface area contributed by atoms with E-state index in [9.17, 15) is 70.3 Å². The standard InChI is InChI=1S/C26H28FN3O4.3C25H26FN3O5/c1-17-5-8-23(25(31)28-17)30-15-21-20(26(30)32)3-2-4-24(21)34-16-19-7-6-18(13-22(19)27)14-29-9-11-33-12-10-29;3*26-20-12-16(13-28-8-10-33-11-9-28)4-5-17(20)15-34-22-3-1-2-18-19(22)14-29(25(18)32)21-6-7-23(30)27-24(21)31/h2-4,6-7,13,23H,1,5,8-12,14-16H2,(H,28,31);3*1-5,12,21H,6-11,13-15H2,(H,27,30,31)/t23-;2*21-;/m110./s1/i23D;;2*21D. The van der Waals surface area contributed by atoms with Crippen molar-refractivity contribution < 1.29 is 112 Å². The first-order chi connectivity index (χ1) is 67.0. The van der Waals surface area contributed by atoms with Crippen molar-refractivity contribution >= 4 is 65.0 Å². The molecule has 0 aliphatic carbocycles. The molecule has 0 saturated carbocycles. The van der Waals surface area contributed by atoms with Gasteiger partial charge in [0, 0.05) is 170 Å². The van der Waals surface area contributed by atoms with E-state index < -0.39 is 71.4 Å². The van der Waals surface area contributed by atoms with Crippen molar-refractivity contribution in [3.8, 4) is 23.0 Å². The molecule has 136 heavy (non-hydrogen) atoms. The second-order valence-corrected chi connectivity index (χ2v) is 34.8. The van der Waals surface area contributed by atoms with Crippen molar-refractivity contribution in [2.45, 2.75) is 154 Å². The van der Waals surface area contributed by atoms with Crippen LogP contribution >= 0.6 is 0 Å². The number of piperidine rings is 4. The van der Waals surface area contributed by atoms with E-state index in [0.717, 1.165) is 84.4 Å². The molecule has 8 aromatic carbocycles. The number of rotatable bonds is 24. The Morgan fingerprint density at radius 3 is 0.853 bits per heavy atom. The number of nitrogens with one attached hydrogen (secondary N) is 4. The molecule has 8 saturated heterocycles. The summed E-state index contributed by atoms with van der Waals surface area (Å²) in [6, 6.07) is 34.5. The molecule has 11 amide bonds. The lowest BCUT2D eigenvalue weighted by molar-refractivity contribution is -0.138. The number of halogens is 4. The summed E-state index contributed by atoms with van der Waals surface area (Å²) in [5.74, 6) is -5.16. The van der Waals surface area contributed by atoms with Gasteiger partial charge in [-0.05, 0) is 127 Å². The van der Waals surface area contributed by atoms with E-state index in [4.69, 9.17) is 42.0 Å². The maximum absolute atomic E-state index is 14.8. The Balaban J connectivity index is 0.000000128. The lowest BCUT2D eigenvalue weighted by Crippen LogP contribution is -2.52. The summed E-state index contributed by atoms with van der Waals surface area (Å²) in [7, 11) is 0. The fraction of sp³-hybridized carbons (Fsp3) is 0.396. The van der Waals surface area contributed by atoms with Gasteiger partial charge < -0.3 is 62.8 Å². The summed E-state index contributed by atoms with van der Waals surface area (Å²) in [4.78, 5) is 150. The van der Waals surface area contributed by atoms with Gasteiger partial charge >= 0.3 is 0 Å². The summed E-state index contributed by atoms with van der Waals surface area (Å²) in [6.07, 6.45) is 0.919. The first kappa shape index (κ1) is 90.7. The summed E-state index contributed by atoms with van der Waals surface area (Å²) in [5, 5.41) is 9.19. The van der Waals surface area contributed by atoms with Crippen LogP contribution in [0.15, 0.2) is 158 Å². The molecule has 0 aromatic heterocycles. The van der Waals surface area contributed by atoms with Gasteiger partial charge in [-0.15, -0.1) is 0 Å². The fourth-order valence-electron chi connectivity index (χ4n) is 18.2. The van der Waals surface area contributed by atoms with Crippen molar-refractivity contribution in [1.29, 1.82) is 0 Å². The predicted molar refractivity (Wildman–Crippen MR) is 481 cm³/mol. The van der Waals surface area contributed by atoms with Crippen molar-refractivity contribution in [3.63, 3.8) is 0 Å². The molecule has 4 atom stereocenters.